The van der Waals surface area contributed by atoms with E-state index < -0.39 is 11.5 Å². The Labute approximate surface area is 182 Å². The summed E-state index contributed by atoms with van der Waals surface area (Å²) in [5, 5.41) is 3.04. The fourth-order valence-corrected chi connectivity index (χ4v) is 5.49. The Kier molecular flexibility index (Phi) is 5.18. The third-order valence-electron chi connectivity index (χ3n) is 7.04. The van der Waals surface area contributed by atoms with Gasteiger partial charge in [-0.3, -0.25) is 9.59 Å². The second kappa shape index (κ2) is 8.00. The summed E-state index contributed by atoms with van der Waals surface area (Å²) in [6, 6.07) is 17.8. The highest BCUT2D eigenvalue weighted by Gasteiger charge is 2.68. The molecule has 6 nitrogen and oxygen atoms in total. The van der Waals surface area contributed by atoms with Crippen molar-refractivity contribution in [2.45, 2.75) is 37.5 Å². The van der Waals surface area contributed by atoms with Gasteiger partial charge < -0.3 is 19.7 Å². The lowest BCUT2D eigenvalue weighted by atomic mass is 9.73. The molecule has 0 radical (unpaired) electrons. The SMILES string of the molecule is COc1ccc(CNC(=O)[C@@H]2[C@H]3C(=O)N(CCc4ccccc4)C[C@@]34CC[C@H]2O4)cc1. The largest absolute Gasteiger partial charge is 0.497 e. The zero-order valence-corrected chi connectivity index (χ0v) is 17.8. The van der Waals surface area contributed by atoms with Crippen LogP contribution in [0.3, 0.4) is 0 Å². The topological polar surface area (TPSA) is 67.9 Å². The number of carbonyl (C=O) groups excluding carboxylic acids is 2. The Morgan fingerprint density at radius 3 is 2.68 bits per heavy atom. The molecular weight excluding hydrogens is 392 g/mol. The van der Waals surface area contributed by atoms with Gasteiger partial charge in [0.05, 0.1) is 37.2 Å². The van der Waals surface area contributed by atoms with Gasteiger partial charge in [0.2, 0.25) is 11.8 Å². The molecule has 5 rings (SSSR count). The van der Waals surface area contributed by atoms with Crippen molar-refractivity contribution in [3.8, 4) is 5.75 Å². The summed E-state index contributed by atoms with van der Waals surface area (Å²) in [5.74, 6) is 0.0122. The predicted octanol–water partition coefficient (Wildman–Crippen LogP) is 2.56. The number of methoxy groups -OCH3 is 1. The Balaban J connectivity index is 1.25. The van der Waals surface area contributed by atoms with E-state index in [1.54, 1.807) is 7.11 Å². The quantitative estimate of drug-likeness (QED) is 0.748. The molecular formula is C25H28N2O4. The predicted molar refractivity (Wildman–Crippen MR) is 115 cm³/mol. The van der Waals surface area contributed by atoms with E-state index in [1.165, 1.54) is 5.56 Å². The lowest BCUT2D eigenvalue weighted by Crippen LogP contribution is -2.45. The van der Waals surface area contributed by atoms with Crippen LogP contribution in [0.1, 0.15) is 24.0 Å². The van der Waals surface area contributed by atoms with Crippen LogP contribution in [-0.2, 0) is 27.3 Å². The molecule has 4 atom stereocenters. The number of hydrogen-bond acceptors (Lipinski definition) is 4. The van der Waals surface area contributed by atoms with Gasteiger partial charge in [0.1, 0.15) is 5.75 Å². The molecule has 2 aromatic rings. The summed E-state index contributed by atoms with van der Waals surface area (Å²) in [6.07, 6.45) is 2.36. The molecule has 2 aromatic carbocycles. The zero-order valence-electron chi connectivity index (χ0n) is 17.8. The van der Waals surface area contributed by atoms with Crippen LogP contribution in [0.2, 0.25) is 0 Å². The number of fused-ring (bicyclic) bond motifs is 1. The minimum atomic E-state index is -0.486. The number of benzene rings is 2. The molecule has 2 bridgehead atoms. The molecule has 0 aliphatic carbocycles. The fraction of sp³-hybridized carbons (Fsp3) is 0.440. The molecule has 0 aromatic heterocycles. The van der Waals surface area contributed by atoms with Gasteiger partial charge in [-0.2, -0.15) is 0 Å². The first-order valence-electron chi connectivity index (χ1n) is 11.0. The molecule has 162 valence electrons. The summed E-state index contributed by atoms with van der Waals surface area (Å²) in [4.78, 5) is 28.3. The van der Waals surface area contributed by atoms with Gasteiger partial charge in [-0.15, -0.1) is 0 Å². The van der Waals surface area contributed by atoms with E-state index in [2.05, 4.69) is 17.4 Å². The number of likely N-dealkylation sites (tertiary alicyclic amines) is 1. The van der Waals surface area contributed by atoms with Crippen LogP contribution >= 0.6 is 0 Å². The number of hydrogen-bond donors (Lipinski definition) is 1. The van der Waals surface area contributed by atoms with Gasteiger partial charge in [-0.1, -0.05) is 42.5 Å². The van der Waals surface area contributed by atoms with Crippen LogP contribution < -0.4 is 10.1 Å². The standard InChI is InChI=1S/C25H28N2O4/c1-30-19-9-7-18(8-10-19)15-26-23(28)21-20-11-13-25(31-20)16-27(24(29)22(21)25)14-12-17-5-3-2-4-6-17/h2-10,20-22H,11-16H2,1H3,(H,26,28)/t20-,21+,22+,25+/m1/s1. The first kappa shape index (κ1) is 20.1. The normalized spacial score (nSPS) is 28.6. The zero-order chi connectivity index (χ0) is 21.4. The molecule has 0 saturated carbocycles. The third-order valence-corrected chi connectivity index (χ3v) is 7.04. The van der Waals surface area contributed by atoms with Crippen LogP contribution in [0.5, 0.6) is 5.75 Å². The molecule has 3 heterocycles. The van der Waals surface area contributed by atoms with Crippen molar-refractivity contribution in [2.24, 2.45) is 11.8 Å². The molecule has 31 heavy (non-hydrogen) atoms. The van der Waals surface area contributed by atoms with Crippen molar-refractivity contribution in [1.82, 2.24) is 10.2 Å². The second-order valence-electron chi connectivity index (χ2n) is 8.82. The van der Waals surface area contributed by atoms with E-state index in [0.29, 0.717) is 19.6 Å². The summed E-state index contributed by atoms with van der Waals surface area (Å²) >= 11 is 0. The van der Waals surface area contributed by atoms with Gasteiger partial charge in [0, 0.05) is 13.1 Å². The number of nitrogens with zero attached hydrogens (tertiary/aromatic N) is 1. The van der Waals surface area contributed by atoms with Crippen molar-refractivity contribution < 1.29 is 19.1 Å². The highest BCUT2D eigenvalue weighted by Crippen LogP contribution is 2.55. The van der Waals surface area contributed by atoms with E-state index in [9.17, 15) is 9.59 Å². The van der Waals surface area contributed by atoms with Crippen LogP contribution in [0.15, 0.2) is 54.6 Å². The summed E-state index contributed by atoms with van der Waals surface area (Å²) in [7, 11) is 1.63. The van der Waals surface area contributed by atoms with E-state index in [1.807, 2.05) is 47.4 Å². The van der Waals surface area contributed by atoms with Crippen LogP contribution in [0.4, 0.5) is 0 Å². The second-order valence-corrected chi connectivity index (χ2v) is 8.82. The maximum atomic E-state index is 13.3. The lowest BCUT2D eigenvalue weighted by molar-refractivity contribution is -0.138. The maximum Gasteiger partial charge on any atom is 0.229 e. The van der Waals surface area contributed by atoms with Crippen molar-refractivity contribution in [1.29, 1.82) is 0 Å². The average Bonchev–Trinajstić information content (AvgIpc) is 3.45. The van der Waals surface area contributed by atoms with E-state index in [-0.39, 0.29) is 23.8 Å². The van der Waals surface area contributed by atoms with Gasteiger partial charge in [-0.05, 0) is 42.5 Å². The summed E-state index contributed by atoms with van der Waals surface area (Å²) < 4.78 is 11.5. The summed E-state index contributed by atoms with van der Waals surface area (Å²) in [5.41, 5.74) is 1.72. The Hall–Kier alpha value is -2.86. The van der Waals surface area contributed by atoms with Crippen molar-refractivity contribution in [3.63, 3.8) is 0 Å². The molecule has 0 unspecified atom stereocenters. The number of nitrogens with one attached hydrogen (secondary N) is 1. The molecule has 3 aliphatic heterocycles. The number of carbonyl (C=O) groups is 2. The van der Waals surface area contributed by atoms with E-state index in [4.69, 9.17) is 9.47 Å². The average molecular weight is 421 g/mol. The van der Waals surface area contributed by atoms with Gasteiger partial charge in [0.25, 0.3) is 0 Å². The van der Waals surface area contributed by atoms with Crippen molar-refractivity contribution in [3.05, 3.63) is 65.7 Å². The van der Waals surface area contributed by atoms with Gasteiger partial charge >= 0.3 is 0 Å². The fourth-order valence-electron chi connectivity index (χ4n) is 5.49. The van der Waals surface area contributed by atoms with E-state index in [0.717, 1.165) is 30.6 Å². The van der Waals surface area contributed by atoms with Crippen molar-refractivity contribution >= 4 is 11.8 Å². The number of amides is 2. The van der Waals surface area contributed by atoms with Crippen LogP contribution in [0, 0.1) is 11.8 Å². The molecule has 6 heteroatoms. The monoisotopic (exact) mass is 420 g/mol. The first-order chi connectivity index (χ1) is 15.1. The minimum absolute atomic E-state index is 0.0720. The smallest absolute Gasteiger partial charge is 0.229 e. The molecule has 2 amide bonds. The Bertz CT molecular complexity index is 961. The maximum absolute atomic E-state index is 13.3. The highest BCUT2D eigenvalue weighted by atomic mass is 16.5. The minimum Gasteiger partial charge on any atom is -0.497 e. The van der Waals surface area contributed by atoms with Gasteiger partial charge in [-0.25, -0.2) is 0 Å². The van der Waals surface area contributed by atoms with Crippen molar-refractivity contribution in [2.75, 3.05) is 20.2 Å². The van der Waals surface area contributed by atoms with Gasteiger partial charge in [0.15, 0.2) is 0 Å². The molecule has 3 aliphatic rings. The molecule has 1 N–H and O–H groups in total. The third kappa shape index (κ3) is 3.59. The Morgan fingerprint density at radius 1 is 1.16 bits per heavy atom. The summed E-state index contributed by atoms with van der Waals surface area (Å²) in [6.45, 7) is 1.69. The number of rotatable bonds is 7. The Morgan fingerprint density at radius 2 is 1.94 bits per heavy atom. The molecule has 3 saturated heterocycles. The highest BCUT2D eigenvalue weighted by molar-refractivity contribution is 5.92. The number of ether oxygens (including phenoxy) is 2. The van der Waals surface area contributed by atoms with E-state index >= 15 is 0 Å². The van der Waals surface area contributed by atoms with Crippen LogP contribution in [-0.4, -0.2) is 48.6 Å². The molecule has 3 fully saturated rings. The first-order valence-corrected chi connectivity index (χ1v) is 11.0. The van der Waals surface area contributed by atoms with Crippen LogP contribution in [0.25, 0.3) is 0 Å². The molecule has 1 spiro atoms. The lowest BCUT2D eigenvalue weighted by Gasteiger charge is -2.27.